The summed E-state index contributed by atoms with van der Waals surface area (Å²) in [6.07, 6.45) is 0. The molecule has 0 aromatic heterocycles. The number of halogens is 1. The molecule has 0 N–H and O–H groups in total. The molecule has 0 aliphatic carbocycles. The molecular formula is C18H13IN2O7S. The second-order valence-corrected chi connectivity index (χ2v) is 12.0. The van der Waals surface area contributed by atoms with Gasteiger partial charge in [-0.25, -0.2) is 0 Å². The molecule has 0 bridgehead atoms. The summed E-state index contributed by atoms with van der Waals surface area (Å²) in [6.45, 7) is 0. The minimum absolute atomic E-state index is 0.0711. The Morgan fingerprint density at radius 2 is 1.21 bits per heavy atom. The number of rotatable bonds is 7. The molecule has 0 spiro atoms. The Morgan fingerprint density at radius 1 is 0.724 bits per heavy atom. The first-order valence-corrected chi connectivity index (χ1v) is 12.4. The second-order valence-electron chi connectivity index (χ2n) is 5.55. The fraction of sp³-hybridized carbons (Fsp3) is 0. The van der Waals surface area contributed by atoms with Crippen molar-refractivity contribution >= 4 is 41.7 Å². The van der Waals surface area contributed by atoms with Gasteiger partial charge in [0.1, 0.15) is 0 Å². The summed E-state index contributed by atoms with van der Waals surface area (Å²) in [5.74, 6) is 0. The minimum atomic E-state index is -4.19. The van der Waals surface area contributed by atoms with E-state index in [1.807, 2.05) is 0 Å². The van der Waals surface area contributed by atoms with E-state index in [9.17, 15) is 28.6 Å². The van der Waals surface area contributed by atoms with Gasteiger partial charge in [-0.2, -0.15) is 0 Å². The van der Waals surface area contributed by atoms with Gasteiger partial charge in [0.2, 0.25) is 0 Å². The quantitative estimate of drug-likeness (QED) is 0.253. The summed E-state index contributed by atoms with van der Waals surface area (Å²) in [7, 11) is -4.19. The number of nitro groups is 2. The van der Waals surface area contributed by atoms with Crippen molar-refractivity contribution in [2.75, 3.05) is 0 Å². The van der Waals surface area contributed by atoms with Crippen LogP contribution in [-0.2, 0) is 12.6 Å². The van der Waals surface area contributed by atoms with Gasteiger partial charge in [-0.15, -0.1) is 0 Å². The molecular weight excluding hydrogens is 515 g/mol. The summed E-state index contributed by atoms with van der Waals surface area (Å²) >= 11 is -3.31. The van der Waals surface area contributed by atoms with Crippen LogP contribution in [0, 0.1) is 27.4 Å². The van der Waals surface area contributed by atoms with Gasteiger partial charge in [-0.05, 0) is 0 Å². The SMILES string of the molecule is O=[N+]([O-])c1cccc(I(OS(=O)(=O)c2ccccc2)c2cccc([N+](=O)[O-])c2)c1. The third kappa shape index (κ3) is 4.93. The van der Waals surface area contributed by atoms with Crippen LogP contribution in [0.2, 0.25) is 0 Å². The molecule has 0 radical (unpaired) electrons. The molecule has 150 valence electrons. The molecule has 0 amide bonds. The molecule has 0 saturated heterocycles. The van der Waals surface area contributed by atoms with E-state index in [1.165, 1.54) is 72.8 Å². The van der Waals surface area contributed by atoms with Crippen LogP contribution in [-0.4, -0.2) is 18.3 Å². The Morgan fingerprint density at radius 3 is 1.66 bits per heavy atom. The monoisotopic (exact) mass is 528 g/mol. The number of hydrogen-bond acceptors (Lipinski definition) is 7. The van der Waals surface area contributed by atoms with Gasteiger partial charge in [0.25, 0.3) is 0 Å². The summed E-state index contributed by atoms with van der Waals surface area (Å²) in [4.78, 5) is 21.0. The first kappa shape index (κ1) is 20.8. The predicted molar refractivity (Wildman–Crippen MR) is 112 cm³/mol. The molecule has 3 aromatic rings. The average molecular weight is 528 g/mol. The van der Waals surface area contributed by atoms with Gasteiger partial charge in [-0.1, -0.05) is 0 Å². The van der Waals surface area contributed by atoms with Crippen molar-refractivity contribution in [2.24, 2.45) is 0 Å². The van der Waals surface area contributed by atoms with Crippen molar-refractivity contribution in [3.63, 3.8) is 0 Å². The third-order valence-electron chi connectivity index (χ3n) is 3.61. The fourth-order valence-electron chi connectivity index (χ4n) is 2.30. The van der Waals surface area contributed by atoms with Crippen LogP contribution < -0.4 is 0 Å². The molecule has 11 heteroatoms. The van der Waals surface area contributed by atoms with Crippen LogP contribution in [0.25, 0.3) is 0 Å². The van der Waals surface area contributed by atoms with E-state index in [4.69, 9.17) is 2.51 Å². The van der Waals surface area contributed by atoms with E-state index in [0.717, 1.165) is 0 Å². The predicted octanol–water partition coefficient (Wildman–Crippen LogP) is 4.37. The van der Waals surface area contributed by atoms with Crippen LogP contribution in [0.15, 0.2) is 83.8 Å². The summed E-state index contributed by atoms with van der Waals surface area (Å²) in [6, 6.07) is 18.4. The number of benzene rings is 3. The van der Waals surface area contributed by atoms with E-state index < -0.39 is 40.2 Å². The van der Waals surface area contributed by atoms with Gasteiger partial charge in [0.05, 0.1) is 0 Å². The standard InChI is InChI=1S/C18H13IN2O7S/c22-20(23)16-8-4-6-14(12-16)19(15-7-5-9-17(13-15)21(24)25)28-29(26,27)18-10-2-1-3-11-18/h1-13H. The Hall–Kier alpha value is -2.90. The molecule has 3 rings (SSSR count). The second kappa shape index (κ2) is 8.63. The van der Waals surface area contributed by atoms with Crippen molar-refractivity contribution in [1.29, 1.82) is 0 Å². The molecule has 0 fully saturated rings. The molecule has 29 heavy (non-hydrogen) atoms. The molecule has 0 aliphatic heterocycles. The summed E-state index contributed by atoms with van der Waals surface area (Å²) in [5, 5.41) is 22.3. The van der Waals surface area contributed by atoms with Crippen molar-refractivity contribution in [1.82, 2.24) is 0 Å². The molecule has 0 aliphatic rings. The molecule has 0 atom stereocenters. The summed E-state index contributed by atoms with van der Waals surface area (Å²) < 4.78 is 31.7. The van der Waals surface area contributed by atoms with Crippen LogP contribution in [0.1, 0.15) is 0 Å². The maximum absolute atomic E-state index is 12.8. The third-order valence-corrected chi connectivity index (χ3v) is 10.9. The zero-order valence-electron chi connectivity index (χ0n) is 14.5. The molecule has 0 heterocycles. The first-order valence-electron chi connectivity index (χ1n) is 7.97. The Balaban J connectivity index is 2.12. The van der Waals surface area contributed by atoms with Gasteiger partial charge < -0.3 is 0 Å². The normalized spacial score (nSPS) is 11.7. The number of nitrogens with zero attached hydrogens (tertiary/aromatic N) is 2. The Labute approximate surface area is 173 Å². The molecule has 9 nitrogen and oxygen atoms in total. The van der Waals surface area contributed by atoms with Crippen LogP contribution >= 0.6 is 20.2 Å². The van der Waals surface area contributed by atoms with E-state index in [-0.39, 0.29) is 16.3 Å². The number of nitro benzene ring substituents is 2. The van der Waals surface area contributed by atoms with E-state index in [2.05, 4.69) is 0 Å². The van der Waals surface area contributed by atoms with Crippen LogP contribution in [0.5, 0.6) is 0 Å². The topological polar surface area (TPSA) is 130 Å². The number of non-ortho nitro benzene ring substituents is 2. The van der Waals surface area contributed by atoms with Crippen molar-refractivity contribution in [3.05, 3.63) is 106 Å². The van der Waals surface area contributed by atoms with Gasteiger partial charge in [0, 0.05) is 0 Å². The van der Waals surface area contributed by atoms with E-state index in [0.29, 0.717) is 7.14 Å². The van der Waals surface area contributed by atoms with Crippen LogP contribution in [0.4, 0.5) is 11.4 Å². The van der Waals surface area contributed by atoms with Crippen molar-refractivity contribution in [2.45, 2.75) is 4.90 Å². The molecule has 3 aromatic carbocycles. The zero-order valence-corrected chi connectivity index (χ0v) is 17.5. The van der Waals surface area contributed by atoms with Gasteiger partial charge in [-0.3, -0.25) is 0 Å². The fourth-order valence-corrected chi connectivity index (χ4v) is 9.45. The van der Waals surface area contributed by atoms with Crippen LogP contribution in [0.3, 0.4) is 0 Å². The average Bonchev–Trinajstić information content (AvgIpc) is 2.73. The molecule has 0 saturated carbocycles. The maximum atomic E-state index is 12.8. The van der Waals surface area contributed by atoms with Crippen molar-refractivity contribution < 1.29 is 20.8 Å². The zero-order chi connectivity index (χ0) is 21.0. The van der Waals surface area contributed by atoms with Gasteiger partial charge in [0.15, 0.2) is 0 Å². The van der Waals surface area contributed by atoms with Crippen molar-refractivity contribution in [3.8, 4) is 0 Å². The first-order chi connectivity index (χ1) is 13.8. The Kier molecular flexibility index (Phi) is 6.20. The van der Waals surface area contributed by atoms with E-state index >= 15 is 0 Å². The summed E-state index contributed by atoms with van der Waals surface area (Å²) in [5.41, 5.74) is -0.452. The van der Waals surface area contributed by atoms with E-state index in [1.54, 1.807) is 6.07 Å². The number of hydrogen-bond donors (Lipinski definition) is 0. The molecule has 0 unspecified atom stereocenters. The Bertz CT molecular complexity index is 1110. The van der Waals surface area contributed by atoms with Gasteiger partial charge >= 0.3 is 174 Å².